The third-order valence-electron chi connectivity index (χ3n) is 0.934. The summed E-state index contributed by atoms with van der Waals surface area (Å²) < 4.78 is 0. The summed E-state index contributed by atoms with van der Waals surface area (Å²) in [5.74, 6) is -1.01. The molecule has 0 unspecified atom stereocenters. The molecule has 0 atom stereocenters. The van der Waals surface area contributed by atoms with E-state index in [1.807, 2.05) is 20.8 Å². The van der Waals surface area contributed by atoms with Crippen molar-refractivity contribution in [2.45, 2.75) is 27.7 Å². The van der Waals surface area contributed by atoms with Gasteiger partial charge in [0.25, 0.3) is 0 Å². The maximum absolute atomic E-state index is 10.4. The van der Waals surface area contributed by atoms with Gasteiger partial charge in [0.05, 0.1) is 0 Å². The first kappa shape index (κ1) is 14.2. The van der Waals surface area contributed by atoms with Crippen LogP contribution >= 0.6 is 0 Å². The van der Waals surface area contributed by atoms with Crippen LogP contribution in [0.1, 0.15) is 27.7 Å². The first-order valence-electron chi connectivity index (χ1n) is 4.27. The zero-order valence-electron chi connectivity index (χ0n) is 8.61. The largest absolute Gasteiger partial charge is 0.477 e. The Bertz CT molecular complexity index is 215. The summed E-state index contributed by atoms with van der Waals surface area (Å²) in [7, 11) is 0. The molecule has 0 radical (unpaired) electrons. The van der Waals surface area contributed by atoms with Crippen molar-refractivity contribution in [3.8, 4) is 0 Å². The summed E-state index contributed by atoms with van der Waals surface area (Å²) in [5.41, 5.74) is 0.0469. The maximum atomic E-state index is 10.4. The van der Waals surface area contributed by atoms with Crippen molar-refractivity contribution < 1.29 is 9.90 Å². The molecule has 0 aliphatic rings. The van der Waals surface area contributed by atoms with Crippen LogP contribution in [-0.2, 0) is 4.79 Å². The molecule has 13 heavy (non-hydrogen) atoms. The molecule has 0 aliphatic carbocycles. The van der Waals surface area contributed by atoms with Gasteiger partial charge >= 0.3 is 5.97 Å². The highest BCUT2D eigenvalue weighted by molar-refractivity contribution is 5.88. The summed E-state index contributed by atoms with van der Waals surface area (Å²) in [6, 6.07) is 0. The number of rotatable bonds is 3. The second kappa shape index (κ2) is 10.6. The molecule has 0 heterocycles. The molecule has 0 fully saturated rings. The zero-order valence-corrected chi connectivity index (χ0v) is 8.61. The molecular formula is C10H17NO2. The fourth-order valence-electron chi connectivity index (χ4n) is 0.496. The number of hydrogen-bond donors (Lipinski definition) is 1. The summed E-state index contributed by atoms with van der Waals surface area (Å²) in [6.45, 7) is 7.48. The van der Waals surface area contributed by atoms with E-state index in [9.17, 15) is 4.79 Å². The average molecular weight is 183 g/mol. The number of carboxylic acids is 1. The molecule has 0 rings (SSSR count). The lowest BCUT2D eigenvalue weighted by molar-refractivity contribution is -0.132. The van der Waals surface area contributed by atoms with E-state index in [0.29, 0.717) is 0 Å². The Morgan fingerprint density at radius 1 is 1.31 bits per heavy atom. The third-order valence-corrected chi connectivity index (χ3v) is 0.934. The Morgan fingerprint density at radius 2 is 1.85 bits per heavy atom. The molecule has 0 bridgehead atoms. The number of aliphatic imine (C=N–C) groups is 1. The summed E-state index contributed by atoms with van der Waals surface area (Å²) >= 11 is 0. The molecule has 0 amide bonds. The Kier molecular flexibility index (Phi) is 11.6. The topological polar surface area (TPSA) is 49.7 Å². The highest BCUT2D eigenvalue weighted by Crippen LogP contribution is 1.95. The van der Waals surface area contributed by atoms with Crippen molar-refractivity contribution in [3.63, 3.8) is 0 Å². The van der Waals surface area contributed by atoms with Gasteiger partial charge in [-0.1, -0.05) is 26.0 Å². The van der Waals surface area contributed by atoms with Crippen molar-refractivity contribution in [2.75, 3.05) is 0 Å². The lowest BCUT2D eigenvalue weighted by Crippen LogP contribution is -1.96. The first-order chi connectivity index (χ1) is 6.22. The minimum absolute atomic E-state index is 0.0469. The Hall–Kier alpha value is -1.38. The van der Waals surface area contributed by atoms with Crippen LogP contribution in [0.3, 0.4) is 0 Å². The van der Waals surface area contributed by atoms with E-state index < -0.39 is 5.97 Å². The Morgan fingerprint density at radius 3 is 2.15 bits per heavy atom. The smallest absolute Gasteiger partial charge is 0.354 e. The monoisotopic (exact) mass is 183 g/mol. The van der Waals surface area contributed by atoms with E-state index in [1.54, 1.807) is 19.1 Å². The maximum Gasteiger partial charge on any atom is 0.354 e. The highest BCUT2D eigenvalue weighted by Gasteiger charge is 2.00. The van der Waals surface area contributed by atoms with Gasteiger partial charge in [0.1, 0.15) is 5.70 Å². The number of nitrogens with zero attached hydrogens (tertiary/aromatic N) is 1. The first-order valence-corrected chi connectivity index (χ1v) is 4.27. The van der Waals surface area contributed by atoms with Gasteiger partial charge in [-0.2, -0.15) is 0 Å². The molecule has 0 spiro atoms. The van der Waals surface area contributed by atoms with Crippen LogP contribution in [0.5, 0.6) is 0 Å². The molecule has 0 aromatic carbocycles. The highest BCUT2D eigenvalue weighted by atomic mass is 16.4. The van der Waals surface area contributed by atoms with Crippen molar-refractivity contribution in [3.05, 3.63) is 23.9 Å². The molecule has 0 aromatic rings. The third kappa shape index (κ3) is 8.53. The molecule has 3 nitrogen and oxygen atoms in total. The molecule has 74 valence electrons. The van der Waals surface area contributed by atoms with E-state index in [4.69, 9.17) is 5.11 Å². The van der Waals surface area contributed by atoms with Crippen LogP contribution in [0, 0.1) is 0 Å². The van der Waals surface area contributed by atoms with Gasteiger partial charge < -0.3 is 5.11 Å². The van der Waals surface area contributed by atoms with Crippen LogP contribution in [-0.4, -0.2) is 17.3 Å². The molecule has 0 aliphatic heterocycles. The Labute approximate surface area is 79.5 Å². The SMILES string of the molecule is CC.CC=N/C(=C\C=C/C)C(=O)O. The van der Waals surface area contributed by atoms with E-state index >= 15 is 0 Å². The fourth-order valence-corrected chi connectivity index (χ4v) is 0.496. The number of aliphatic carboxylic acids is 1. The number of carboxylic acid groups (broad SMARTS) is 1. The number of allylic oxidation sites excluding steroid dienone is 3. The fraction of sp³-hybridized carbons (Fsp3) is 0.400. The molecule has 0 saturated heterocycles. The van der Waals surface area contributed by atoms with Crippen LogP contribution in [0.15, 0.2) is 28.9 Å². The van der Waals surface area contributed by atoms with Gasteiger partial charge in [0, 0.05) is 6.21 Å². The average Bonchev–Trinajstić information content (AvgIpc) is 2.15. The van der Waals surface area contributed by atoms with Gasteiger partial charge in [-0.25, -0.2) is 4.79 Å². The summed E-state index contributed by atoms with van der Waals surface area (Å²) in [4.78, 5) is 14.0. The van der Waals surface area contributed by atoms with Gasteiger partial charge in [-0.05, 0) is 19.9 Å². The molecule has 0 saturated carbocycles. The number of hydrogen-bond acceptors (Lipinski definition) is 2. The van der Waals surface area contributed by atoms with Crippen LogP contribution in [0.2, 0.25) is 0 Å². The van der Waals surface area contributed by atoms with Crippen molar-refractivity contribution in [2.24, 2.45) is 4.99 Å². The minimum atomic E-state index is -1.01. The Balaban J connectivity index is 0. The predicted octanol–water partition coefficient (Wildman–Crippen LogP) is 2.65. The van der Waals surface area contributed by atoms with Crippen LogP contribution < -0.4 is 0 Å². The van der Waals surface area contributed by atoms with Crippen LogP contribution in [0.25, 0.3) is 0 Å². The lowest BCUT2D eigenvalue weighted by Gasteiger charge is -1.89. The van der Waals surface area contributed by atoms with Gasteiger partial charge in [-0.15, -0.1) is 0 Å². The summed E-state index contributed by atoms with van der Waals surface area (Å²) in [6.07, 6.45) is 6.27. The van der Waals surface area contributed by atoms with E-state index in [0.717, 1.165) is 0 Å². The van der Waals surface area contributed by atoms with Crippen molar-refractivity contribution >= 4 is 12.2 Å². The molecule has 0 aromatic heterocycles. The quantitative estimate of drug-likeness (QED) is 0.415. The van der Waals surface area contributed by atoms with Crippen molar-refractivity contribution in [1.29, 1.82) is 0 Å². The number of carbonyl (C=O) groups is 1. The normalized spacial score (nSPS) is 11.5. The standard InChI is InChI=1S/C8H11NO2.C2H6/c1-3-5-6-7(8(10)11)9-4-2;1-2/h3-6H,1-2H3,(H,10,11);1-2H3/b5-3-,7-6-,9-4?;. The van der Waals surface area contributed by atoms with E-state index in [1.165, 1.54) is 12.3 Å². The molecule has 3 heteroatoms. The van der Waals surface area contributed by atoms with E-state index in [2.05, 4.69) is 4.99 Å². The predicted molar refractivity (Wildman–Crippen MR) is 56.0 cm³/mol. The van der Waals surface area contributed by atoms with Gasteiger partial charge in [0.2, 0.25) is 0 Å². The lowest BCUT2D eigenvalue weighted by atomic mass is 10.4. The second-order valence-corrected chi connectivity index (χ2v) is 1.77. The van der Waals surface area contributed by atoms with Gasteiger partial charge in [-0.3, -0.25) is 4.99 Å². The molecular weight excluding hydrogens is 166 g/mol. The van der Waals surface area contributed by atoms with Crippen LogP contribution in [0.4, 0.5) is 0 Å². The van der Waals surface area contributed by atoms with Crippen molar-refractivity contribution in [1.82, 2.24) is 0 Å². The summed E-state index contributed by atoms with van der Waals surface area (Å²) in [5, 5.41) is 8.52. The molecule has 1 N–H and O–H groups in total. The van der Waals surface area contributed by atoms with E-state index in [-0.39, 0.29) is 5.70 Å². The minimum Gasteiger partial charge on any atom is -0.477 e. The second-order valence-electron chi connectivity index (χ2n) is 1.77. The zero-order chi connectivity index (χ0) is 10.7. The van der Waals surface area contributed by atoms with Gasteiger partial charge in [0.15, 0.2) is 0 Å².